The SMILES string of the molecule is COCCC(C)C(N)c1cccc2ccccc12. The first-order valence-corrected chi connectivity index (χ1v) is 6.46. The highest BCUT2D eigenvalue weighted by atomic mass is 16.5. The zero-order valence-electron chi connectivity index (χ0n) is 11.1. The number of benzene rings is 2. The molecule has 0 spiro atoms. The van der Waals surface area contributed by atoms with Crippen LogP contribution in [0.2, 0.25) is 0 Å². The molecule has 0 radical (unpaired) electrons. The summed E-state index contributed by atoms with van der Waals surface area (Å²) < 4.78 is 5.13. The van der Waals surface area contributed by atoms with Crippen LogP contribution in [0.3, 0.4) is 0 Å². The van der Waals surface area contributed by atoms with Gasteiger partial charge in [-0.25, -0.2) is 0 Å². The summed E-state index contributed by atoms with van der Waals surface area (Å²) in [5.41, 5.74) is 7.62. The van der Waals surface area contributed by atoms with E-state index in [4.69, 9.17) is 10.5 Å². The summed E-state index contributed by atoms with van der Waals surface area (Å²) in [6.07, 6.45) is 0.987. The maximum Gasteiger partial charge on any atom is 0.0465 e. The number of hydrogen-bond acceptors (Lipinski definition) is 2. The van der Waals surface area contributed by atoms with E-state index in [2.05, 4.69) is 49.4 Å². The number of hydrogen-bond donors (Lipinski definition) is 1. The number of fused-ring (bicyclic) bond motifs is 1. The van der Waals surface area contributed by atoms with Gasteiger partial charge in [-0.05, 0) is 28.7 Å². The van der Waals surface area contributed by atoms with Gasteiger partial charge >= 0.3 is 0 Å². The smallest absolute Gasteiger partial charge is 0.0465 e. The van der Waals surface area contributed by atoms with Crippen LogP contribution in [0.1, 0.15) is 24.9 Å². The summed E-state index contributed by atoms with van der Waals surface area (Å²) in [4.78, 5) is 0. The third kappa shape index (κ3) is 2.71. The van der Waals surface area contributed by atoms with Crippen molar-refractivity contribution in [2.45, 2.75) is 19.4 Å². The quantitative estimate of drug-likeness (QED) is 0.872. The summed E-state index contributed by atoms with van der Waals surface area (Å²) in [5.74, 6) is 0.413. The Labute approximate surface area is 109 Å². The van der Waals surface area contributed by atoms with E-state index in [0.29, 0.717) is 5.92 Å². The number of ether oxygens (including phenoxy) is 1. The highest BCUT2D eigenvalue weighted by Crippen LogP contribution is 2.28. The minimum Gasteiger partial charge on any atom is -0.385 e. The molecule has 2 atom stereocenters. The van der Waals surface area contributed by atoms with Gasteiger partial charge in [-0.15, -0.1) is 0 Å². The lowest BCUT2D eigenvalue weighted by molar-refractivity contribution is 0.174. The molecule has 2 nitrogen and oxygen atoms in total. The summed E-state index contributed by atoms with van der Waals surface area (Å²) in [6.45, 7) is 2.95. The molecule has 2 heteroatoms. The van der Waals surface area contributed by atoms with Crippen LogP contribution in [0.5, 0.6) is 0 Å². The second kappa shape index (κ2) is 5.98. The lowest BCUT2D eigenvalue weighted by Crippen LogP contribution is -2.20. The first kappa shape index (κ1) is 13.1. The third-order valence-electron chi connectivity index (χ3n) is 3.57. The van der Waals surface area contributed by atoms with Gasteiger partial charge in [-0.3, -0.25) is 0 Å². The molecule has 2 aromatic carbocycles. The van der Waals surface area contributed by atoms with Crippen molar-refractivity contribution in [3.05, 3.63) is 48.0 Å². The van der Waals surface area contributed by atoms with E-state index in [1.54, 1.807) is 7.11 Å². The van der Waals surface area contributed by atoms with E-state index >= 15 is 0 Å². The fourth-order valence-electron chi connectivity index (χ4n) is 2.33. The van der Waals surface area contributed by atoms with Gasteiger partial charge in [0.25, 0.3) is 0 Å². The second-order valence-electron chi connectivity index (χ2n) is 4.85. The minimum absolute atomic E-state index is 0.0613. The van der Waals surface area contributed by atoms with Crippen LogP contribution in [0, 0.1) is 5.92 Å². The van der Waals surface area contributed by atoms with Crippen LogP contribution in [0.25, 0.3) is 10.8 Å². The average Bonchev–Trinajstić information content (AvgIpc) is 2.43. The second-order valence-corrected chi connectivity index (χ2v) is 4.85. The van der Waals surface area contributed by atoms with Crippen LogP contribution in [0.4, 0.5) is 0 Å². The van der Waals surface area contributed by atoms with Crippen molar-refractivity contribution < 1.29 is 4.74 Å². The Balaban J connectivity index is 2.29. The number of methoxy groups -OCH3 is 1. The largest absolute Gasteiger partial charge is 0.385 e. The minimum atomic E-state index is 0.0613. The summed E-state index contributed by atoms with van der Waals surface area (Å²) in [7, 11) is 1.73. The Morgan fingerprint density at radius 1 is 1.11 bits per heavy atom. The predicted molar refractivity (Wildman–Crippen MR) is 76.5 cm³/mol. The van der Waals surface area contributed by atoms with E-state index in [1.807, 2.05) is 0 Å². The Kier molecular flexibility index (Phi) is 4.34. The third-order valence-corrected chi connectivity index (χ3v) is 3.57. The molecule has 0 saturated heterocycles. The predicted octanol–water partition coefficient (Wildman–Crippen LogP) is 3.51. The first-order valence-electron chi connectivity index (χ1n) is 6.46. The Hall–Kier alpha value is -1.38. The fraction of sp³-hybridized carbons (Fsp3) is 0.375. The van der Waals surface area contributed by atoms with Crippen LogP contribution < -0.4 is 5.73 Å². The van der Waals surface area contributed by atoms with E-state index in [1.165, 1.54) is 16.3 Å². The highest BCUT2D eigenvalue weighted by Gasteiger charge is 2.16. The van der Waals surface area contributed by atoms with Gasteiger partial charge < -0.3 is 10.5 Å². The number of nitrogens with two attached hydrogens (primary N) is 1. The fourth-order valence-corrected chi connectivity index (χ4v) is 2.33. The van der Waals surface area contributed by atoms with Crippen LogP contribution in [-0.4, -0.2) is 13.7 Å². The van der Waals surface area contributed by atoms with E-state index in [9.17, 15) is 0 Å². The van der Waals surface area contributed by atoms with Crippen LogP contribution in [-0.2, 0) is 4.74 Å². The topological polar surface area (TPSA) is 35.2 Å². The highest BCUT2D eigenvalue weighted by molar-refractivity contribution is 5.86. The molecule has 2 unspecified atom stereocenters. The van der Waals surface area contributed by atoms with Gasteiger partial charge in [-0.2, -0.15) is 0 Å². The first-order chi connectivity index (χ1) is 8.74. The zero-order valence-corrected chi connectivity index (χ0v) is 11.1. The zero-order chi connectivity index (χ0) is 13.0. The monoisotopic (exact) mass is 243 g/mol. The molecule has 2 aromatic rings. The molecule has 0 aromatic heterocycles. The molecule has 0 saturated carbocycles. The van der Waals surface area contributed by atoms with Crippen molar-refractivity contribution >= 4 is 10.8 Å². The van der Waals surface area contributed by atoms with Crippen molar-refractivity contribution in [3.63, 3.8) is 0 Å². The molecule has 2 rings (SSSR count). The van der Waals surface area contributed by atoms with Crippen molar-refractivity contribution in [3.8, 4) is 0 Å². The average molecular weight is 243 g/mol. The lowest BCUT2D eigenvalue weighted by Gasteiger charge is -2.21. The van der Waals surface area contributed by atoms with Gasteiger partial charge in [0.2, 0.25) is 0 Å². The molecule has 2 N–H and O–H groups in total. The Morgan fingerprint density at radius 3 is 2.61 bits per heavy atom. The summed E-state index contributed by atoms with van der Waals surface area (Å²) in [6, 6.07) is 14.8. The molecule has 0 aliphatic rings. The molecule has 0 bridgehead atoms. The summed E-state index contributed by atoms with van der Waals surface area (Å²) in [5, 5.41) is 2.51. The van der Waals surface area contributed by atoms with Crippen molar-refractivity contribution in [1.29, 1.82) is 0 Å². The molecular weight excluding hydrogens is 222 g/mol. The maximum atomic E-state index is 6.39. The molecule has 0 heterocycles. The van der Waals surface area contributed by atoms with Gasteiger partial charge in [-0.1, -0.05) is 49.4 Å². The molecule has 0 fully saturated rings. The van der Waals surface area contributed by atoms with Gasteiger partial charge in [0.1, 0.15) is 0 Å². The molecule has 18 heavy (non-hydrogen) atoms. The van der Waals surface area contributed by atoms with E-state index < -0.39 is 0 Å². The van der Waals surface area contributed by atoms with Crippen molar-refractivity contribution in [1.82, 2.24) is 0 Å². The van der Waals surface area contributed by atoms with Crippen molar-refractivity contribution in [2.75, 3.05) is 13.7 Å². The molecule has 96 valence electrons. The standard InChI is InChI=1S/C16H21NO/c1-12(10-11-18-2)16(17)15-9-5-7-13-6-3-4-8-14(13)15/h3-9,12,16H,10-11,17H2,1-2H3. The maximum absolute atomic E-state index is 6.39. The molecular formula is C16H21NO. The molecule has 0 amide bonds. The lowest BCUT2D eigenvalue weighted by atomic mass is 9.90. The van der Waals surface area contributed by atoms with Crippen molar-refractivity contribution in [2.24, 2.45) is 11.7 Å². The number of rotatable bonds is 5. The Bertz CT molecular complexity index is 504. The molecule has 0 aliphatic heterocycles. The summed E-state index contributed by atoms with van der Waals surface area (Å²) >= 11 is 0. The van der Waals surface area contributed by atoms with Gasteiger partial charge in [0, 0.05) is 19.8 Å². The van der Waals surface area contributed by atoms with E-state index in [-0.39, 0.29) is 6.04 Å². The van der Waals surface area contributed by atoms with Crippen LogP contribution in [0.15, 0.2) is 42.5 Å². The molecule has 0 aliphatic carbocycles. The van der Waals surface area contributed by atoms with Crippen LogP contribution >= 0.6 is 0 Å². The Morgan fingerprint density at radius 2 is 1.83 bits per heavy atom. The van der Waals surface area contributed by atoms with Gasteiger partial charge in [0.15, 0.2) is 0 Å². The van der Waals surface area contributed by atoms with Gasteiger partial charge in [0.05, 0.1) is 0 Å². The normalized spacial score (nSPS) is 14.6. The van der Waals surface area contributed by atoms with E-state index in [0.717, 1.165) is 13.0 Å².